The number of rotatable bonds is 5. The van der Waals surface area contributed by atoms with E-state index >= 15 is 0 Å². The average Bonchev–Trinajstić information content (AvgIpc) is 2.71. The lowest BCUT2D eigenvalue weighted by Crippen LogP contribution is -2.34. The molecule has 7 heteroatoms. The molecule has 2 rings (SSSR count). The first-order valence-electron chi connectivity index (χ1n) is 6.31. The number of nitrogens with one attached hydrogen (secondary N) is 1. The van der Waals surface area contributed by atoms with E-state index in [0.717, 1.165) is 14.2 Å². The van der Waals surface area contributed by atoms with Gasteiger partial charge in [0.1, 0.15) is 0 Å². The van der Waals surface area contributed by atoms with E-state index in [9.17, 15) is 8.42 Å². The fourth-order valence-electron chi connectivity index (χ4n) is 2.06. The lowest BCUT2D eigenvalue weighted by molar-refractivity contribution is 0.559. The Balaban J connectivity index is 2.14. The van der Waals surface area contributed by atoms with Gasteiger partial charge >= 0.3 is 0 Å². The maximum Gasteiger partial charge on any atom is 0.241 e. The van der Waals surface area contributed by atoms with Gasteiger partial charge < -0.3 is 0 Å². The summed E-state index contributed by atoms with van der Waals surface area (Å²) in [5, 5.41) is 0.651. The number of benzene rings is 1. The molecule has 0 radical (unpaired) electrons. The van der Waals surface area contributed by atoms with E-state index in [0.29, 0.717) is 16.3 Å². The molecule has 0 spiro atoms. The van der Waals surface area contributed by atoms with Crippen molar-refractivity contribution in [2.45, 2.75) is 31.2 Å². The van der Waals surface area contributed by atoms with Gasteiger partial charge in [0.25, 0.3) is 0 Å². The molecule has 2 aromatic rings. The van der Waals surface area contributed by atoms with Crippen molar-refractivity contribution in [1.82, 2.24) is 4.72 Å². The molecule has 1 aromatic carbocycles. The first-order valence-corrected chi connectivity index (χ1v) is 9.78. The molecular weight excluding hydrogens is 394 g/mol. The second kappa shape index (κ2) is 6.79. The van der Waals surface area contributed by atoms with Crippen LogP contribution in [-0.4, -0.2) is 14.5 Å². The van der Waals surface area contributed by atoms with Crippen LogP contribution in [0.2, 0.25) is 5.02 Å². The Morgan fingerprint density at radius 3 is 2.62 bits per heavy atom. The highest BCUT2D eigenvalue weighted by Gasteiger charge is 2.22. The Morgan fingerprint density at radius 1 is 1.38 bits per heavy atom. The highest BCUT2D eigenvalue weighted by molar-refractivity contribution is 9.11. The summed E-state index contributed by atoms with van der Waals surface area (Å²) < 4.78 is 28.3. The van der Waals surface area contributed by atoms with E-state index in [4.69, 9.17) is 11.6 Å². The third kappa shape index (κ3) is 4.29. The lowest BCUT2D eigenvalue weighted by Gasteiger charge is -2.15. The third-order valence-electron chi connectivity index (χ3n) is 2.97. The smallest absolute Gasteiger partial charge is 0.208 e. The summed E-state index contributed by atoms with van der Waals surface area (Å²) in [5.74, 6) is 0. The monoisotopic (exact) mass is 407 g/mol. The van der Waals surface area contributed by atoms with Crippen LogP contribution in [0.4, 0.5) is 0 Å². The fraction of sp³-hybridized carbons (Fsp3) is 0.286. The van der Waals surface area contributed by atoms with Gasteiger partial charge in [0.05, 0.1) is 8.68 Å². The third-order valence-corrected chi connectivity index (χ3v) is 6.74. The number of sulfonamides is 1. The van der Waals surface area contributed by atoms with E-state index in [2.05, 4.69) is 20.7 Å². The second-order valence-electron chi connectivity index (χ2n) is 4.79. The number of hydrogen-bond acceptors (Lipinski definition) is 3. The molecular formula is C14H15BrClNO2S2. The topological polar surface area (TPSA) is 46.2 Å². The quantitative estimate of drug-likeness (QED) is 0.798. The minimum atomic E-state index is -3.51. The number of halogens is 2. The maximum atomic E-state index is 12.4. The van der Waals surface area contributed by atoms with Crippen LogP contribution in [0, 0.1) is 6.92 Å². The van der Waals surface area contributed by atoms with Crippen LogP contribution >= 0.6 is 38.9 Å². The molecule has 0 bridgehead atoms. The normalized spacial score (nSPS) is 13.3. The Labute approximate surface area is 142 Å². The molecule has 3 nitrogen and oxygen atoms in total. The molecule has 0 saturated heterocycles. The molecule has 0 aliphatic rings. The summed E-state index contributed by atoms with van der Waals surface area (Å²) in [5.41, 5.74) is 0.928. The van der Waals surface area contributed by atoms with Crippen LogP contribution in [0.15, 0.2) is 39.0 Å². The molecule has 0 fully saturated rings. The second-order valence-corrected chi connectivity index (χ2v) is 9.51. The zero-order valence-corrected chi connectivity index (χ0v) is 15.5. The van der Waals surface area contributed by atoms with Gasteiger partial charge in [-0.3, -0.25) is 0 Å². The molecule has 1 atom stereocenters. The summed E-state index contributed by atoms with van der Waals surface area (Å²) in [6.45, 7) is 3.63. The van der Waals surface area contributed by atoms with Crippen molar-refractivity contribution >= 4 is 48.9 Å². The van der Waals surface area contributed by atoms with E-state index in [1.165, 1.54) is 11.3 Å². The standard InChI is InChI=1S/C14H15BrClNO2S2/c1-9(7-11-5-3-4-6-12(11)16)17-21(18,19)13-8-14(15)20-10(13)2/h3-6,8-9,17H,7H2,1-2H3. The summed E-state index contributed by atoms with van der Waals surface area (Å²) in [6, 6.07) is 8.84. The maximum absolute atomic E-state index is 12.4. The molecule has 0 aliphatic heterocycles. The molecule has 114 valence electrons. The van der Waals surface area contributed by atoms with Gasteiger partial charge in [0.15, 0.2) is 0 Å². The molecule has 0 amide bonds. The molecule has 1 N–H and O–H groups in total. The van der Waals surface area contributed by atoms with Crippen molar-refractivity contribution in [2.24, 2.45) is 0 Å². The molecule has 1 aromatic heterocycles. The minimum absolute atomic E-state index is 0.243. The molecule has 0 saturated carbocycles. The zero-order chi connectivity index (χ0) is 15.6. The highest BCUT2D eigenvalue weighted by atomic mass is 79.9. The fourth-order valence-corrected chi connectivity index (χ4v) is 5.93. The number of thiophene rings is 1. The lowest BCUT2D eigenvalue weighted by atomic mass is 10.1. The van der Waals surface area contributed by atoms with Gasteiger partial charge in [0.2, 0.25) is 10.0 Å². The van der Waals surface area contributed by atoms with Crippen LogP contribution in [-0.2, 0) is 16.4 Å². The number of aryl methyl sites for hydroxylation is 1. The van der Waals surface area contributed by atoms with Crippen molar-refractivity contribution in [2.75, 3.05) is 0 Å². The zero-order valence-electron chi connectivity index (χ0n) is 11.6. The minimum Gasteiger partial charge on any atom is -0.208 e. The summed E-state index contributed by atoms with van der Waals surface area (Å²) >= 11 is 10.8. The Morgan fingerprint density at radius 2 is 2.05 bits per heavy atom. The van der Waals surface area contributed by atoms with Crippen molar-refractivity contribution in [1.29, 1.82) is 0 Å². The van der Waals surface area contributed by atoms with E-state index < -0.39 is 10.0 Å². The summed E-state index contributed by atoms with van der Waals surface area (Å²) in [6.07, 6.45) is 0.545. The Kier molecular flexibility index (Phi) is 5.48. The van der Waals surface area contributed by atoms with Gasteiger partial charge in [-0.25, -0.2) is 13.1 Å². The van der Waals surface area contributed by atoms with Crippen LogP contribution in [0.25, 0.3) is 0 Å². The largest absolute Gasteiger partial charge is 0.241 e. The van der Waals surface area contributed by atoms with Gasteiger partial charge in [-0.2, -0.15) is 0 Å². The highest BCUT2D eigenvalue weighted by Crippen LogP contribution is 2.29. The average molecular weight is 409 g/mol. The van der Waals surface area contributed by atoms with Gasteiger partial charge in [-0.05, 0) is 53.9 Å². The van der Waals surface area contributed by atoms with Crippen molar-refractivity contribution < 1.29 is 8.42 Å². The van der Waals surface area contributed by atoms with E-state index in [1.807, 2.05) is 25.1 Å². The Bertz CT molecular complexity index is 743. The molecule has 1 unspecified atom stereocenters. The molecule has 1 heterocycles. The first-order chi connectivity index (χ1) is 9.79. The van der Waals surface area contributed by atoms with E-state index in [1.54, 1.807) is 19.1 Å². The Hall–Kier alpha value is -0.400. The van der Waals surface area contributed by atoms with Crippen LogP contribution in [0.1, 0.15) is 17.4 Å². The summed E-state index contributed by atoms with van der Waals surface area (Å²) in [7, 11) is -3.51. The van der Waals surface area contributed by atoms with Crippen molar-refractivity contribution in [3.05, 3.63) is 49.6 Å². The van der Waals surface area contributed by atoms with Crippen LogP contribution in [0.3, 0.4) is 0 Å². The molecule has 21 heavy (non-hydrogen) atoms. The van der Waals surface area contributed by atoms with E-state index in [-0.39, 0.29) is 6.04 Å². The number of hydrogen-bond donors (Lipinski definition) is 1. The molecule has 0 aliphatic carbocycles. The predicted octanol–water partition coefficient (Wildman–Crippen LogP) is 4.38. The van der Waals surface area contributed by atoms with Crippen LogP contribution < -0.4 is 4.72 Å². The summed E-state index contributed by atoms with van der Waals surface area (Å²) in [4.78, 5) is 1.09. The van der Waals surface area contributed by atoms with Crippen molar-refractivity contribution in [3.8, 4) is 0 Å². The van der Waals surface area contributed by atoms with Crippen molar-refractivity contribution in [3.63, 3.8) is 0 Å². The van der Waals surface area contributed by atoms with Gasteiger partial charge in [-0.1, -0.05) is 29.8 Å². The van der Waals surface area contributed by atoms with Gasteiger partial charge in [0, 0.05) is 15.9 Å². The predicted molar refractivity (Wildman–Crippen MR) is 91.7 cm³/mol. The van der Waals surface area contributed by atoms with Crippen LogP contribution in [0.5, 0.6) is 0 Å². The van der Waals surface area contributed by atoms with Gasteiger partial charge in [-0.15, -0.1) is 11.3 Å². The SMILES string of the molecule is Cc1sc(Br)cc1S(=O)(=O)NC(C)Cc1ccccc1Cl. The first kappa shape index (κ1) is 17.0.